The summed E-state index contributed by atoms with van der Waals surface area (Å²) >= 11 is 0. The second kappa shape index (κ2) is 12.7. The third-order valence-corrected chi connectivity index (χ3v) is 9.42. The maximum absolute atomic E-state index is 13.6. The highest BCUT2D eigenvalue weighted by atomic mass is 16.2. The fourth-order valence-corrected chi connectivity index (χ4v) is 6.99. The minimum Gasteiger partial charge on any atom is -0.399 e. The van der Waals surface area contributed by atoms with Gasteiger partial charge in [0.2, 0.25) is 11.8 Å². The van der Waals surface area contributed by atoms with E-state index >= 15 is 0 Å². The van der Waals surface area contributed by atoms with E-state index in [9.17, 15) is 19.6 Å². The Kier molecular flexibility index (Phi) is 8.54. The Labute approximate surface area is 272 Å². The molecule has 4 aromatic rings. The first-order valence-corrected chi connectivity index (χ1v) is 15.8. The van der Waals surface area contributed by atoms with E-state index in [2.05, 4.69) is 22.9 Å². The van der Waals surface area contributed by atoms with Gasteiger partial charge in [-0.15, -0.1) is 5.10 Å². The number of rotatable bonds is 9. The van der Waals surface area contributed by atoms with Crippen molar-refractivity contribution in [3.05, 3.63) is 122 Å². The van der Waals surface area contributed by atoms with Crippen LogP contribution in [0.3, 0.4) is 0 Å². The van der Waals surface area contributed by atoms with Gasteiger partial charge in [0.25, 0.3) is 0 Å². The largest absolute Gasteiger partial charge is 0.399 e. The van der Waals surface area contributed by atoms with Crippen molar-refractivity contribution in [2.45, 2.75) is 50.5 Å². The van der Waals surface area contributed by atoms with Gasteiger partial charge in [-0.1, -0.05) is 42.5 Å². The summed E-state index contributed by atoms with van der Waals surface area (Å²) in [5.74, 6) is -0.230. The zero-order valence-corrected chi connectivity index (χ0v) is 26.4. The predicted molar refractivity (Wildman–Crippen MR) is 179 cm³/mol. The zero-order chi connectivity index (χ0) is 33.3. The standard InChI is InChI=1S/C36H38N8O3/c1-22-5-11-28(12-6-22)44-35(47)41-34(42-44)36(15-16-40-21-32(45)43-17-3-4-29(43)20-37)30-13-9-24(23(2)38)18-25(30)7-8-26-19-27(33(39)46)10-14-31(26)36/h5-6,9-14,18-19,29,40H,2-4,7-8,15-17,21,38H2,1H3,(H2,39,46)(H,41,42,47). The van der Waals surface area contributed by atoms with Gasteiger partial charge in [-0.2, -0.15) is 9.94 Å². The van der Waals surface area contributed by atoms with Gasteiger partial charge in [0, 0.05) is 17.8 Å². The smallest absolute Gasteiger partial charge is 0.348 e. The Morgan fingerprint density at radius 3 is 2.36 bits per heavy atom. The molecule has 6 rings (SSSR count). The number of H-pyrrole nitrogens is 1. The number of hydrogen-bond donors (Lipinski definition) is 4. The lowest BCUT2D eigenvalue weighted by molar-refractivity contribution is -0.130. The van der Waals surface area contributed by atoms with Gasteiger partial charge in [-0.3, -0.25) is 14.6 Å². The molecule has 2 amide bonds. The number of aryl methyl sites for hydroxylation is 3. The van der Waals surface area contributed by atoms with Gasteiger partial charge in [0.15, 0.2) is 0 Å². The number of carbonyl (C=O) groups is 2. The van der Waals surface area contributed by atoms with Crippen molar-refractivity contribution in [2.75, 3.05) is 19.6 Å². The lowest BCUT2D eigenvalue weighted by Gasteiger charge is -2.35. The minimum absolute atomic E-state index is 0.0643. The molecule has 0 radical (unpaired) electrons. The molecular weight excluding hydrogens is 592 g/mol. The second-order valence-corrected chi connectivity index (χ2v) is 12.4. The second-order valence-electron chi connectivity index (χ2n) is 12.4. The number of primary amides is 1. The van der Waals surface area contributed by atoms with Crippen LogP contribution in [0.5, 0.6) is 0 Å². The maximum Gasteiger partial charge on any atom is 0.348 e. The zero-order valence-electron chi connectivity index (χ0n) is 26.4. The highest BCUT2D eigenvalue weighted by Crippen LogP contribution is 2.46. The van der Waals surface area contributed by atoms with Crippen LogP contribution in [0, 0.1) is 18.3 Å². The van der Waals surface area contributed by atoms with Crippen LogP contribution in [-0.2, 0) is 23.1 Å². The number of carbonyl (C=O) groups excluding carboxylic acids is 2. The molecule has 11 nitrogen and oxygen atoms in total. The number of hydrogen-bond acceptors (Lipinski definition) is 7. The molecule has 47 heavy (non-hydrogen) atoms. The van der Waals surface area contributed by atoms with Crippen molar-refractivity contribution in [1.29, 1.82) is 5.26 Å². The molecule has 1 aromatic heterocycles. The van der Waals surface area contributed by atoms with E-state index in [0.29, 0.717) is 61.5 Å². The van der Waals surface area contributed by atoms with E-state index < -0.39 is 23.1 Å². The average molecular weight is 631 g/mol. The molecular formula is C36H38N8O3. The Balaban J connectivity index is 1.49. The third kappa shape index (κ3) is 5.84. The summed E-state index contributed by atoms with van der Waals surface area (Å²) in [6.07, 6.45) is 3.13. The highest BCUT2D eigenvalue weighted by molar-refractivity contribution is 5.93. The molecule has 2 unspecified atom stereocenters. The summed E-state index contributed by atoms with van der Waals surface area (Å²) in [5, 5.41) is 17.7. The predicted octanol–water partition coefficient (Wildman–Crippen LogP) is 2.82. The minimum atomic E-state index is -1.00. The Morgan fingerprint density at radius 2 is 1.72 bits per heavy atom. The summed E-state index contributed by atoms with van der Waals surface area (Å²) in [5.41, 5.74) is 17.4. The van der Waals surface area contributed by atoms with Crippen LogP contribution in [0.2, 0.25) is 0 Å². The van der Waals surface area contributed by atoms with Crippen molar-refractivity contribution in [3.63, 3.8) is 0 Å². The first kappa shape index (κ1) is 31.5. The number of nitrogens with zero attached hydrogens (tertiary/aromatic N) is 4. The SMILES string of the molecule is C=C(N)c1ccc2c(c1)CCc1cc(C(N)=O)ccc1C2(CCNCC(=O)N1CCCC1C#N)c1nn(-c2ccc(C)cc2)c(=O)[nH]1. The summed E-state index contributed by atoms with van der Waals surface area (Å²) in [6.45, 7) is 6.92. The molecule has 2 heterocycles. The quantitative estimate of drug-likeness (QED) is 0.206. The monoisotopic (exact) mass is 630 g/mol. The number of aromatic amines is 1. The summed E-state index contributed by atoms with van der Waals surface area (Å²) in [4.78, 5) is 43.7. The van der Waals surface area contributed by atoms with Gasteiger partial charge in [-0.25, -0.2) is 4.79 Å². The van der Waals surface area contributed by atoms with Crippen LogP contribution in [0.15, 0.2) is 72.0 Å². The van der Waals surface area contributed by atoms with Crippen molar-refractivity contribution in [1.82, 2.24) is 25.0 Å². The lowest BCUT2D eigenvalue weighted by Crippen LogP contribution is -2.42. The van der Waals surface area contributed by atoms with Crippen molar-refractivity contribution in [2.24, 2.45) is 11.5 Å². The van der Waals surface area contributed by atoms with E-state index in [-0.39, 0.29) is 12.5 Å². The normalized spacial score (nSPS) is 18.6. The molecule has 0 spiro atoms. The molecule has 1 aliphatic carbocycles. The molecule has 6 N–H and O–H groups in total. The van der Waals surface area contributed by atoms with Crippen LogP contribution < -0.4 is 22.5 Å². The van der Waals surface area contributed by atoms with E-state index in [1.807, 2.05) is 61.5 Å². The number of amides is 2. The molecule has 1 saturated heterocycles. The number of aromatic nitrogens is 3. The fraction of sp³-hybridized carbons (Fsp3) is 0.306. The molecule has 1 aliphatic heterocycles. The molecule has 11 heteroatoms. The van der Waals surface area contributed by atoms with E-state index in [1.54, 1.807) is 11.0 Å². The van der Waals surface area contributed by atoms with E-state index in [4.69, 9.17) is 16.6 Å². The van der Waals surface area contributed by atoms with Gasteiger partial charge in [0.05, 0.1) is 23.7 Å². The number of fused-ring (bicyclic) bond motifs is 2. The van der Waals surface area contributed by atoms with Crippen LogP contribution in [-0.4, -0.2) is 57.2 Å². The van der Waals surface area contributed by atoms with Crippen molar-refractivity contribution in [3.8, 4) is 11.8 Å². The summed E-state index contributed by atoms with van der Waals surface area (Å²) < 4.78 is 1.36. The molecule has 0 saturated carbocycles. The lowest BCUT2D eigenvalue weighted by atomic mass is 9.69. The molecule has 240 valence electrons. The first-order chi connectivity index (χ1) is 22.6. The topological polar surface area (TPSA) is 176 Å². The molecule has 1 fully saturated rings. The van der Waals surface area contributed by atoms with Gasteiger partial charge in [0.1, 0.15) is 11.9 Å². The van der Waals surface area contributed by atoms with Gasteiger partial charge in [-0.05, 0) is 104 Å². The number of nitriles is 1. The van der Waals surface area contributed by atoms with Crippen LogP contribution in [0.25, 0.3) is 11.4 Å². The Hall–Kier alpha value is -5.47. The summed E-state index contributed by atoms with van der Waals surface area (Å²) in [6, 6.07) is 20.7. The van der Waals surface area contributed by atoms with Crippen molar-refractivity contribution < 1.29 is 9.59 Å². The van der Waals surface area contributed by atoms with Crippen molar-refractivity contribution >= 4 is 17.5 Å². The van der Waals surface area contributed by atoms with Gasteiger partial charge < -0.3 is 21.7 Å². The Bertz CT molecular complexity index is 1900. The maximum atomic E-state index is 13.6. The molecule has 0 bridgehead atoms. The fourth-order valence-electron chi connectivity index (χ4n) is 6.99. The van der Waals surface area contributed by atoms with Crippen LogP contribution >= 0.6 is 0 Å². The number of likely N-dealkylation sites (tertiary alicyclic amines) is 1. The average Bonchev–Trinajstić information content (AvgIpc) is 3.68. The molecule has 3 aromatic carbocycles. The first-order valence-electron chi connectivity index (χ1n) is 15.8. The highest BCUT2D eigenvalue weighted by Gasteiger charge is 2.44. The molecule has 2 atom stereocenters. The Morgan fingerprint density at radius 1 is 1.06 bits per heavy atom. The molecule has 2 aliphatic rings. The number of nitrogens with one attached hydrogen (secondary N) is 2. The van der Waals surface area contributed by atoms with E-state index in [0.717, 1.165) is 39.8 Å². The number of benzene rings is 3. The summed E-state index contributed by atoms with van der Waals surface area (Å²) in [7, 11) is 0. The van der Waals surface area contributed by atoms with E-state index in [1.165, 1.54) is 4.68 Å². The van der Waals surface area contributed by atoms with Crippen LogP contribution in [0.1, 0.15) is 68.8 Å². The van der Waals surface area contributed by atoms with Crippen LogP contribution in [0.4, 0.5) is 0 Å². The third-order valence-electron chi connectivity index (χ3n) is 9.42. The number of nitrogens with two attached hydrogens (primary N) is 2. The van der Waals surface area contributed by atoms with Gasteiger partial charge >= 0.3 is 5.69 Å².